The number of aromatic nitrogens is 2. The quantitative estimate of drug-likeness (QED) is 0.589. The fourth-order valence-electron chi connectivity index (χ4n) is 2.08. The molecule has 1 aromatic heterocycles. The number of amides is 1. The Bertz CT molecular complexity index is 572. The molecule has 1 amide bonds. The lowest BCUT2D eigenvalue weighted by Gasteiger charge is -2.15. The predicted molar refractivity (Wildman–Crippen MR) is 91.4 cm³/mol. The van der Waals surface area contributed by atoms with E-state index < -0.39 is 0 Å². The van der Waals surface area contributed by atoms with Gasteiger partial charge in [-0.3, -0.25) is 9.48 Å². The van der Waals surface area contributed by atoms with Crippen molar-refractivity contribution in [3.63, 3.8) is 0 Å². The zero-order chi connectivity index (χ0) is 15.8. The summed E-state index contributed by atoms with van der Waals surface area (Å²) in [6, 6.07) is 9.41. The molecule has 0 saturated carbocycles. The van der Waals surface area contributed by atoms with Gasteiger partial charge in [-0.15, -0.1) is 11.8 Å². The first kappa shape index (κ1) is 16.9. The van der Waals surface area contributed by atoms with Gasteiger partial charge in [-0.25, -0.2) is 0 Å². The van der Waals surface area contributed by atoms with Gasteiger partial charge in [0.05, 0.1) is 0 Å². The van der Waals surface area contributed by atoms with Crippen molar-refractivity contribution in [2.75, 3.05) is 12.3 Å². The van der Waals surface area contributed by atoms with Crippen molar-refractivity contribution >= 4 is 29.3 Å². The number of carbonyl (C=O) groups is 1. The minimum atomic E-state index is -0.223. The lowest BCUT2D eigenvalue weighted by Crippen LogP contribution is -2.33. The fourth-order valence-corrected chi connectivity index (χ4v) is 3.06. The van der Waals surface area contributed by atoms with Crippen molar-refractivity contribution in [2.24, 2.45) is 0 Å². The number of hydrogen-bond donors (Lipinski definition) is 1. The van der Waals surface area contributed by atoms with Gasteiger partial charge in [0.2, 0.25) is 5.91 Å². The maximum absolute atomic E-state index is 12.1. The molecule has 0 aliphatic carbocycles. The normalized spacial score (nSPS) is 12.1. The minimum Gasteiger partial charge on any atom is -0.354 e. The number of rotatable bonds is 8. The van der Waals surface area contributed by atoms with E-state index in [0.29, 0.717) is 6.54 Å². The van der Waals surface area contributed by atoms with Crippen LogP contribution in [0.3, 0.4) is 0 Å². The van der Waals surface area contributed by atoms with E-state index >= 15 is 0 Å². The maximum atomic E-state index is 12.1. The summed E-state index contributed by atoms with van der Waals surface area (Å²) < 4.78 is 1.71. The van der Waals surface area contributed by atoms with Crippen molar-refractivity contribution in [1.29, 1.82) is 0 Å². The van der Waals surface area contributed by atoms with E-state index in [0.717, 1.165) is 23.6 Å². The topological polar surface area (TPSA) is 46.9 Å². The van der Waals surface area contributed by atoms with Crippen LogP contribution in [-0.4, -0.2) is 28.0 Å². The zero-order valence-corrected chi connectivity index (χ0v) is 14.1. The molecule has 0 spiro atoms. The van der Waals surface area contributed by atoms with E-state index in [2.05, 4.69) is 10.4 Å². The number of thioether (sulfide) groups is 1. The van der Waals surface area contributed by atoms with Gasteiger partial charge in [-0.2, -0.15) is 5.10 Å². The first-order chi connectivity index (χ1) is 10.7. The summed E-state index contributed by atoms with van der Waals surface area (Å²) in [5.74, 6) is 0.989. The second-order valence-electron chi connectivity index (χ2n) is 4.86. The van der Waals surface area contributed by atoms with Gasteiger partial charge in [0.25, 0.3) is 0 Å². The Morgan fingerprint density at radius 2 is 2.18 bits per heavy atom. The van der Waals surface area contributed by atoms with Crippen molar-refractivity contribution in [2.45, 2.75) is 30.7 Å². The second kappa shape index (κ2) is 8.86. The lowest BCUT2D eigenvalue weighted by atomic mass is 10.2. The van der Waals surface area contributed by atoms with E-state index in [1.165, 1.54) is 4.90 Å². The maximum Gasteiger partial charge on any atom is 0.244 e. The molecular formula is C16H20ClN3OS. The van der Waals surface area contributed by atoms with Crippen LogP contribution in [0.1, 0.15) is 25.8 Å². The van der Waals surface area contributed by atoms with Crippen LogP contribution in [0.25, 0.3) is 0 Å². The van der Waals surface area contributed by atoms with Crippen LogP contribution in [-0.2, 0) is 4.79 Å². The number of halogens is 1. The summed E-state index contributed by atoms with van der Waals surface area (Å²) >= 11 is 7.62. The number of nitrogens with zero attached hydrogens (tertiary/aromatic N) is 2. The van der Waals surface area contributed by atoms with Crippen LogP contribution in [0, 0.1) is 0 Å². The van der Waals surface area contributed by atoms with Crippen LogP contribution in [0.5, 0.6) is 0 Å². The Hall–Kier alpha value is -1.46. The third kappa shape index (κ3) is 5.07. The van der Waals surface area contributed by atoms with Gasteiger partial charge >= 0.3 is 0 Å². The van der Waals surface area contributed by atoms with E-state index in [9.17, 15) is 4.79 Å². The van der Waals surface area contributed by atoms with Crippen LogP contribution < -0.4 is 5.32 Å². The molecule has 1 N–H and O–H groups in total. The second-order valence-corrected chi connectivity index (χ2v) is 6.46. The molecular weight excluding hydrogens is 318 g/mol. The number of benzene rings is 1. The Kier molecular flexibility index (Phi) is 6.80. The third-order valence-electron chi connectivity index (χ3n) is 3.24. The van der Waals surface area contributed by atoms with Crippen molar-refractivity contribution in [3.8, 4) is 0 Å². The molecule has 0 aliphatic rings. The first-order valence-electron chi connectivity index (χ1n) is 7.36. The molecule has 2 aromatic rings. The highest BCUT2D eigenvalue weighted by atomic mass is 35.5. The molecule has 118 valence electrons. The van der Waals surface area contributed by atoms with Gasteiger partial charge in [-0.05, 0) is 48.9 Å². The van der Waals surface area contributed by atoms with Crippen LogP contribution in [0.4, 0.5) is 0 Å². The van der Waals surface area contributed by atoms with E-state index in [1.807, 2.05) is 43.5 Å². The first-order valence-corrected chi connectivity index (χ1v) is 8.72. The predicted octanol–water partition coefficient (Wildman–Crippen LogP) is 3.79. The summed E-state index contributed by atoms with van der Waals surface area (Å²) in [7, 11) is 0. The van der Waals surface area contributed by atoms with Gasteiger partial charge in [0.1, 0.15) is 6.04 Å². The highest BCUT2D eigenvalue weighted by Crippen LogP contribution is 2.20. The van der Waals surface area contributed by atoms with Crippen molar-refractivity contribution in [1.82, 2.24) is 15.1 Å². The largest absolute Gasteiger partial charge is 0.354 e. The average molecular weight is 338 g/mol. The molecule has 0 saturated heterocycles. The summed E-state index contributed by atoms with van der Waals surface area (Å²) in [4.78, 5) is 13.3. The summed E-state index contributed by atoms with van der Waals surface area (Å²) in [5, 5.41) is 7.87. The molecule has 4 nitrogen and oxygen atoms in total. The van der Waals surface area contributed by atoms with Crippen LogP contribution in [0.2, 0.25) is 5.02 Å². The molecule has 0 fully saturated rings. The van der Waals surface area contributed by atoms with Crippen molar-refractivity contribution in [3.05, 3.63) is 47.7 Å². The Morgan fingerprint density at radius 1 is 1.41 bits per heavy atom. The minimum absolute atomic E-state index is 0.0303. The monoisotopic (exact) mass is 337 g/mol. The molecule has 1 heterocycles. The lowest BCUT2D eigenvalue weighted by molar-refractivity contribution is -0.124. The van der Waals surface area contributed by atoms with Gasteiger partial charge in [0.15, 0.2) is 0 Å². The van der Waals surface area contributed by atoms with E-state index in [1.54, 1.807) is 22.6 Å². The molecule has 22 heavy (non-hydrogen) atoms. The van der Waals surface area contributed by atoms with Gasteiger partial charge < -0.3 is 5.32 Å². The SMILES string of the molecule is CC[C@@H](C(=O)NCCCSc1ccc(Cl)cc1)n1cccn1. The van der Waals surface area contributed by atoms with Crippen LogP contribution >= 0.6 is 23.4 Å². The highest BCUT2D eigenvalue weighted by molar-refractivity contribution is 7.99. The average Bonchev–Trinajstić information content (AvgIpc) is 3.03. The Morgan fingerprint density at radius 3 is 2.82 bits per heavy atom. The van der Waals surface area contributed by atoms with Crippen molar-refractivity contribution < 1.29 is 4.79 Å². The molecule has 6 heteroatoms. The number of carbonyl (C=O) groups excluding carboxylic acids is 1. The molecule has 0 bridgehead atoms. The molecule has 0 aliphatic heterocycles. The van der Waals surface area contributed by atoms with Gasteiger partial charge in [-0.1, -0.05) is 18.5 Å². The Labute approximate surface area is 140 Å². The van der Waals surface area contributed by atoms with E-state index in [4.69, 9.17) is 11.6 Å². The third-order valence-corrected chi connectivity index (χ3v) is 4.59. The summed E-state index contributed by atoms with van der Waals surface area (Å²) in [6.07, 6.45) is 5.17. The zero-order valence-electron chi connectivity index (χ0n) is 12.5. The fraction of sp³-hybridized carbons (Fsp3) is 0.375. The van der Waals surface area contributed by atoms with E-state index in [-0.39, 0.29) is 11.9 Å². The van der Waals surface area contributed by atoms with Gasteiger partial charge in [0, 0.05) is 28.9 Å². The number of hydrogen-bond acceptors (Lipinski definition) is 3. The molecule has 0 unspecified atom stereocenters. The summed E-state index contributed by atoms with van der Waals surface area (Å²) in [5.41, 5.74) is 0. The standard InChI is InChI=1S/C16H20ClN3OS/c1-2-15(20-11-3-10-19-20)16(21)18-9-4-12-22-14-7-5-13(17)6-8-14/h3,5-8,10-11,15H,2,4,9,12H2,1H3,(H,18,21)/t15-/m0/s1. The summed E-state index contributed by atoms with van der Waals surface area (Å²) in [6.45, 7) is 2.67. The highest BCUT2D eigenvalue weighted by Gasteiger charge is 2.17. The smallest absolute Gasteiger partial charge is 0.244 e. The molecule has 1 aromatic carbocycles. The molecule has 0 radical (unpaired) electrons. The number of nitrogens with one attached hydrogen (secondary N) is 1. The molecule has 2 rings (SSSR count). The molecule has 1 atom stereocenters. The van der Waals surface area contributed by atoms with Crippen LogP contribution in [0.15, 0.2) is 47.6 Å². The Balaban J connectivity index is 1.67.